The minimum atomic E-state index is -0.668. The van der Waals surface area contributed by atoms with Crippen LogP contribution in [0.25, 0.3) is 6.08 Å². The van der Waals surface area contributed by atoms with Crippen molar-refractivity contribution in [3.05, 3.63) is 113 Å². The Hall–Kier alpha value is -4.59. The topological polar surface area (TPSA) is 91.7 Å². The fourth-order valence-electron chi connectivity index (χ4n) is 4.51. The average molecular weight is 514 g/mol. The first-order chi connectivity index (χ1) is 18.4. The van der Waals surface area contributed by atoms with E-state index >= 15 is 0 Å². The van der Waals surface area contributed by atoms with Gasteiger partial charge in [0.25, 0.3) is 0 Å². The lowest BCUT2D eigenvalue weighted by Crippen LogP contribution is -2.32. The van der Waals surface area contributed by atoms with Gasteiger partial charge in [-0.25, -0.2) is 14.6 Å². The highest BCUT2D eigenvalue weighted by atomic mass is 16.5. The first-order valence-electron chi connectivity index (χ1n) is 12.2. The summed E-state index contributed by atoms with van der Waals surface area (Å²) in [6.07, 6.45) is 9.15. The number of nitrogens with one attached hydrogen (secondary N) is 1. The van der Waals surface area contributed by atoms with Gasteiger partial charge in [0.05, 0.1) is 37.6 Å². The van der Waals surface area contributed by atoms with Crippen LogP contribution in [0.15, 0.2) is 95.9 Å². The average Bonchev–Trinajstić information content (AvgIpc) is 3.44. The predicted molar refractivity (Wildman–Crippen MR) is 144 cm³/mol. The van der Waals surface area contributed by atoms with Crippen LogP contribution in [0.1, 0.15) is 36.5 Å². The molecule has 38 heavy (non-hydrogen) atoms. The summed E-state index contributed by atoms with van der Waals surface area (Å²) in [7, 11) is 2.89. The fourth-order valence-corrected chi connectivity index (χ4v) is 4.51. The monoisotopic (exact) mass is 513 g/mol. The summed E-state index contributed by atoms with van der Waals surface area (Å²) in [6, 6.07) is 15.4. The number of hydrogen-bond donors (Lipinski definition) is 1. The molecule has 1 aromatic heterocycles. The summed E-state index contributed by atoms with van der Waals surface area (Å²) in [5.41, 5.74) is 4.81. The van der Waals surface area contributed by atoms with E-state index in [4.69, 9.17) is 14.2 Å². The van der Waals surface area contributed by atoms with Gasteiger partial charge in [-0.3, -0.25) is 0 Å². The van der Waals surface area contributed by atoms with Crippen LogP contribution in [-0.4, -0.2) is 42.3 Å². The van der Waals surface area contributed by atoms with Gasteiger partial charge in [-0.1, -0.05) is 42.5 Å². The highest BCUT2D eigenvalue weighted by Gasteiger charge is 2.37. The summed E-state index contributed by atoms with van der Waals surface area (Å²) in [6.45, 7) is 4.41. The summed E-state index contributed by atoms with van der Waals surface area (Å²) in [4.78, 5) is 30.2. The van der Waals surface area contributed by atoms with E-state index in [2.05, 4.69) is 22.4 Å². The minimum Gasteiger partial charge on any atom is -0.497 e. The largest absolute Gasteiger partial charge is 0.497 e. The zero-order valence-electron chi connectivity index (χ0n) is 21.9. The Kier molecular flexibility index (Phi) is 8.43. The Morgan fingerprint density at radius 3 is 2.42 bits per heavy atom. The van der Waals surface area contributed by atoms with Crippen molar-refractivity contribution in [2.45, 2.75) is 26.3 Å². The Balaban J connectivity index is 1.49. The Labute approximate surface area is 222 Å². The van der Waals surface area contributed by atoms with Crippen LogP contribution in [0.5, 0.6) is 5.75 Å². The van der Waals surface area contributed by atoms with Gasteiger partial charge in [-0.15, -0.1) is 0 Å². The molecule has 196 valence electrons. The summed E-state index contributed by atoms with van der Waals surface area (Å²) >= 11 is 0. The second kappa shape index (κ2) is 12.1. The molecule has 0 aliphatic carbocycles. The molecule has 2 heterocycles. The van der Waals surface area contributed by atoms with E-state index in [1.54, 1.807) is 39.6 Å². The van der Waals surface area contributed by atoms with Gasteiger partial charge in [-0.2, -0.15) is 0 Å². The molecule has 8 heteroatoms. The molecule has 3 aromatic rings. The van der Waals surface area contributed by atoms with Crippen LogP contribution in [0.4, 0.5) is 0 Å². The van der Waals surface area contributed by atoms with Crippen LogP contribution in [0.2, 0.25) is 0 Å². The number of methoxy groups -OCH3 is 2. The quantitative estimate of drug-likeness (QED) is 0.418. The van der Waals surface area contributed by atoms with Crippen LogP contribution >= 0.6 is 0 Å². The van der Waals surface area contributed by atoms with Crippen molar-refractivity contribution in [1.82, 2.24) is 14.9 Å². The van der Waals surface area contributed by atoms with Crippen molar-refractivity contribution in [3.8, 4) is 5.75 Å². The van der Waals surface area contributed by atoms with Gasteiger partial charge in [0.2, 0.25) is 0 Å². The molecule has 0 saturated heterocycles. The van der Waals surface area contributed by atoms with Crippen molar-refractivity contribution >= 4 is 18.0 Å². The van der Waals surface area contributed by atoms with Gasteiger partial charge in [-0.05, 0) is 48.7 Å². The van der Waals surface area contributed by atoms with E-state index in [0.29, 0.717) is 28.3 Å². The zero-order chi connectivity index (χ0) is 27.1. The van der Waals surface area contributed by atoms with Crippen LogP contribution < -0.4 is 10.1 Å². The first-order valence-corrected chi connectivity index (χ1v) is 12.2. The van der Waals surface area contributed by atoms with E-state index in [1.165, 1.54) is 7.11 Å². The van der Waals surface area contributed by atoms with E-state index in [9.17, 15) is 9.59 Å². The number of aromatic nitrogens is 2. The normalized spacial score (nSPS) is 15.4. The maximum absolute atomic E-state index is 13.3. The third-order valence-corrected chi connectivity index (χ3v) is 6.34. The van der Waals surface area contributed by atoms with Crippen molar-refractivity contribution in [3.63, 3.8) is 0 Å². The number of allylic oxidation sites excluding steroid dienone is 2. The van der Waals surface area contributed by atoms with Gasteiger partial charge in [0.15, 0.2) is 0 Å². The van der Waals surface area contributed by atoms with Gasteiger partial charge < -0.3 is 24.1 Å². The molecule has 4 rings (SSSR count). The number of nitrogens with zero attached hydrogens (tertiary/aromatic N) is 2. The summed E-state index contributed by atoms with van der Waals surface area (Å²) in [5.74, 6) is -1.08. The smallest absolute Gasteiger partial charge is 0.337 e. The van der Waals surface area contributed by atoms with E-state index in [0.717, 1.165) is 23.2 Å². The molecular formula is C30H31N3O5. The number of carbonyl (C=O) groups excluding carboxylic acids is 2. The molecule has 0 bridgehead atoms. The molecule has 0 fully saturated rings. The number of dihydropyridines is 1. The number of rotatable bonds is 9. The van der Waals surface area contributed by atoms with E-state index < -0.39 is 17.9 Å². The maximum Gasteiger partial charge on any atom is 0.337 e. The second-order valence-corrected chi connectivity index (χ2v) is 8.88. The van der Waals surface area contributed by atoms with Gasteiger partial charge in [0.1, 0.15) is 12.4 Å². The second-order valence-electron chi connectivity index (χ2n) is 8.88. The van der Waals surface area contributed by atoms with Gasteiger partial charge >= 0.3 is 11.9 Å². The summed E-state index contributed by atoms with van der Waals surface area (Å²) < 4.78 is 18.1. The fraction of sp³-hybridized carbons (Fsp3) is 0.233. The van der Waals surface area contributed by atoms with Crippen molar-refractivity contribution in [2.75, 3.05) is 20.8 Å². The molecule has 1 aliphatic heterocycles. The van der Waals surface area contributed by atoms with Crippen LogP contribution in [0, 0.1) is 0 Å². The number of esters is 2. The van der Waals surface area contributed by atoms with Crippen molar-refractivity contribution < 1.29 is 23.8 Å². The molecule has 0 saturated carbocycles. The molecule has 1 atom stereocenters. The number of imidazole rings is 1. The van der Waals surface area contributed by atoms with Gasteiger partial charge in [0, 0.05) is 30.3 Å². The SMILES string of the molecule is COC(=O)C1=C(C)NC(C)=C(C(=O)OCC=Cc2ccc(Cn3ccnc3)cc2)C1c1cccc(OC)c1. The number of hydrogen-bond acceptors (Lipinski definition) is 7. The Morgan fingerprint density at radius 2 is 1.76 bits per heavy atom. The molecule has 1 N–H and O–H groups in total. The zero-order valence-corrected chi connectivity index (χ0v) is 21.9. The molecule has 2 aromatic carbocycles. The lowest BCUT2D eigenvalue weighted by atomic mass is 9.80. The highest BCUT2D eigenvalue weighted by Crippen LogP contribution is 2.40. The maximum atomic E-state index is 13.3. The summed E-state index contributed by atoms with van der Waals surface area (Å²) in [5, 5.41) is 3.14. The third kappa shape index (κ3) is 6.03. The minimum absolute atomic E-state index is 0.0769. The van der Waals surface area contributed by atoms with Crippen LogP contribution in [-0.2, 0) is 25.6 Å². The standard InChI is InChI=1S/C30H31N3O5/c1-20-26(29(34)37-4)28(24-8-5-9-25(17-24)36-3)27(21(2)32-20)30(35)38-16-6-7-22-10-12-23(13-11-22)18-33-15-14-31-19-33/h5-15,17,19,28,32H,16,18H2,1-4H3. The number of ether oxygens (including phenoxy) is 3. The predicted octanol–water partition coefficient (Wildman–Crippen LogP) is 4.60. The number of benzene rings is 2. The van der Waals surface area contributed by atoms with E-state index in [-0.39, 0.29) is 6.61 Å². The Bertz CT molecular complexity index is 1390. The highest BCUT2D eigenvalue weighted by molar-refractivity contribution is 5.99. The lowest BCUT2D eigenvalue weighted by molar-refractivity contribution is -0.138. The van der Waals surface area contributed by atoms with Crippen LogP contribution in [0.3, 0.4) is 0 Å². The van der Waals surface area contributed by atoms with Crippen molar-refractivity contribution in [1.29, 1.82) is 0 Å². The lowest BCUT2D eigenvalue weighted by Gasteiger charge is -2.30. The molecular weight excluding hydrogens is 482 g/mol. The molecule has 8 nitrogen and oxygen atoms in total. The molecule has 1 aliphatic rings. The molecule has 0 amide bonds. The molecule has 0 spiro atoms. The first kappa shape index (κ1) is 26.5. The molecule has 1 unspecified atom stereocenters. The number of carbonyl (C=O) groups is 2. The van der Waals surface area contributed by atoms with Crippen molar-refractivity contribution in [2.24, 2.45) is 0 Å². The third-order valence-electron chi connectivity index (χ3n) is 6.34. The van der Waals surface area contributed by atoms with E-state index in [1.807, 2.05) is 53.2 Å². The Morgan fingerprint density at radius 1 is 1.03 bits per heavy atom. The molecule has 0 radical (unpaired) electrons.